The van der Waals surface area contributed by atoms with Gasteiger partial charge >= 0.3 is 0 Å². The van der Waals surface area contributed by atoms with E-state index in [1.807, 2.05) is 10.6 Å². The van der Waals surface area contributed by atoms with Crippen LogP contribution in [0, 0.1) is 5.82 Å². The van der Waals surface area contributed by atoms with Crippen LogP contribution in [0.3, 0.4) is 0 Å². The first kappa shape index (κ1) is 12.4. The predicted molar refractivity (Wildman–Crippen MR) is 74.4 cm³/mol. The Morgan fingerprint density at radius 3 is 2.95 bits per heavy atom. The van der Waals surface area contributed by atoms with Crippen LogP contribution in [0.4, 0.5) is 10.3 Å². The van der Waals surface area contributed by atoms with E-state index in [0.717, 1.165) is 12.1 Å². The monoisotopic (exact) mass is 262 g/mol. The molecule has 102 valence electrons. The lowest BCUT2D eigenvalue weighted by Gasteiger charge is -2.25. The molecule has 1 aromatic carbocycles. The molecule has 1 unspecified atom stereocenters. The van der Waals surface area contributed by atoms with Crippen LogP contribution in [0.2, 0.25) is 0 Å². The van der Waals surface area contributed by atoms with Gasteiger partial charge in [0.25, 0.3) is 0 Å². The van der Waals surface area contributed by atoms with Crippen molar-refractivity contribution in [2.75, 3.05) is 12.8 Å². The number of imidazole rings is 1. The Bertz CT molecular complexity index is 603. The van der Waals surface area contributed by atoms with Crippen molar-refractivity contribution in [2.24, 2.45) is 0 Å². The van der Waals surface area contributed by atoms with Gasteiger partial charge in [-0.15, -0.1) is 0 Å². The third-order valence-corrected chi connectivity index (χ3v) is 4.02. The largest absolute Gasteiger partial charge is 0.369 e. The number of nitrogen functional groups attached to an aromatic ring is 1. The molecular weight excluding hydrogens is 243 g/mol. The number of nitrogens with two attached hydrogens (primary N) is 1. The number of rotatable bonds is 4. The summed E-state index contributed by atoms with van der Waals surface area (Å²) in [6.45, 7) is 2.90. The number of halogens is 1. The lowest BCUT2D eigenvalue weighted by molar-refractivity contribution is 0.228. The van der Waals surface area contributed by atoms with Crippen LogP contribution in [-0.4, -0.2) is 33.6 Å². The fraction of sp³-hybridized carbons (Fsp3) is 0.500. The molecule has 1 atom stereocenters. The summed E-state index contributed by atoms with van der Waals surface area (Å²) in [5, 5.41) is 0. The van der Waals surface area contributed by atoms with E-state index in [1.54, 1.807) is 6.07 Å². The molecule has 5 heteroatoms. The van der Waals surface area contributed by atoms with Crippen LogP contribution >= 0.6 is 0 Å². The number of benzene rings is 1. The van der Waals surface area contributed by atoms with Crippen molar-refractivity contribution in [3.8, 4) is 0 Å². The van der Waals surface area contributed by atoms with Crippen molar-refractivity contribution < 1.29 is 4.39 Å². The van der Waals surface area contributed by atoms with Crippen LogP contribution in [0.25, 0.3) is 11.0 Å². The normalized spacial score (nSPS) is 17.3. The molecule has 1 fully saturated rings. The molecule has 3 rings (SSSR count). The number of hydrogen-bond acceptors (Lipinski definition) is 3. The molecule has 1 aliphatic carbocycles. The Balaban J connectivity index is 1.91. The zero-order valence-corrected chi connectivity index (χ0v) is 11.3. The number of para-hydroxylation sites is 1. The van der Waals surface area contributed by atoms with E-state index in [4.69, 9.17) is 5.73 Å². The van der Waals surface area contributed by atoms with Crippen molar-refractivity contribution in [3.05, 3.63) is 24.0 Å². The second-order valence-corrected chi connectivity index (χ2v) is 5.43. The molecule has 1 aromatic heterocycles. The van der Waals surface area contributed by atoms with Gasteiger partial charge in [0.05, 0.1) is 5.52 Å². The Hall–Kier alpha value is -1.62. The summed E-state index contributed by atoms with van der Waals surface area (Å²) in [4.78, 5) is 6.50. The summed E-state index contributed by atoms with van der Waals surface area (Å²) in [5.41, 5.74) is 7.06. The number of aromatic nitrogens is 2. The van der Waals surface area contributed by atoms with Crippen molar-refractivity contribution in [1.82, 2.24) is 14.5 Å². The summed E-state index contributed by atoms with van der Waals surface area (Å²) in [6.07, 6.45) is 2.55. The van der Waals surface area contributed by atoms with E-state index >= 15 is 0 Å². The summed E-state index contributed by atoms with van der Waals surface area (Å²) < 4.78 is 15.6. The summed E-state index contributed by atoms with van der Waals surface area (Å²) >= 11 is 0. The van der Waals surface area contributed by atoms with E-state index in [2.05, 4.69) is 23.9 Å². The highest BCUT2D eigenvalue weighted by Crippen LogP contribution is 2.28. The maximum Gasteiger partial charge on any atom is 0.201 e. The minimum Gasteiger partial charge on any atom is -0.369 e. The first-order chi connectivity index (χ1) is 9.08. The van der Waals surface area contributed by atoms with E-state index in [0.29, 0.717) is 23.5 Å². The number of hydrogen-bond donors (Lipinski definition) is 1. The van der Waals surface area contributed by atoms with Crippen LogP contribution in [0.1, 0.15) is 19.8 Å². The molecule has 0 amide bonds. The molecule has 19 heavy (non-hydrogen) atoms. The minimum atomic E-state index is -0.314. The van der Waals surface area contributed by atoms with E-state index in [1.165, 1.54) is 18.9 Å². The van der Waals surface area contributed by atoms with E-state index in [-0.39, 0.29) is 5.82 Å². The van der Waals surface area contributed by atoms with Gasteiger partial charge in [-0.2, -0.15) is 0 Å². The quantitative estimate of drug-likeness (QED) is 0.919. The Morgan fingerprint density at radius 2 is 2.26 bits per heavy atom. The Morgan fingerprint density at radius 1 is 1.53 bits per heavy atom. The second kappa shape index (κ2) is 4.49. The minimum absolute atomic E-state index is 0.314. The first-order valence-electron chi connectivity index (χ1n) is 6.70. The van der Waals surface area contributed by atoms with Crippen LogP contribution in [0.5, 0.6) is 0 Å². The van der Waals surface area contributed by atoms with Crippen molar-refractivity contribution in [1.29, 1.82) is 0 Å². The van der Waals surface area contributed by atoms with Crippen molar-refractivity contribution >= 4 is 17.0 Å². The summed E-state index contributed by atoms with van der Waals surface area (Å²) in [5.74, 6) is 0.0716. The smallest absolute Gasteiger partial charge is 0.201 e. The van der Waals surface area contributed by atoms with Crippen molar-refractivity contribution in [3.63, 3.8) is 0 Å². The molecule has 0 spiro atoms. The average Bonchev–Trinajstić information content (AvgIpc) is 3.17. The van der Waals surface area contributed by atoms with Gasteiger partial charge in [-0.3, -0.25) is 4.90 Å². The zero-order chi connectivity index (χ0) is 13.6. The molecule has 4 nitrogen and oxygen atoms in total. The van der Waals surface area contributed by atoms with Gasteiger partial charge < -0.3 is 10.3 Å². The van der Waals surface area contributed by atoms with Gasteiger partial charge in [-0.25, -0.2) is 9.37 Å². The Labute approximate surface area is 112 Å². The molecule has 0 bridgehead atoms. The molecule has 2 aromatic rings. The van der Waals surface area contributed by atoms with Crippen LogP contribution in [-0.2, 0) is 6.54 Å². The molecule has 1 saturated carbocycles. The average molecular weight is 262 g/mol. The fourth-order valence-corrected chi connectivity index (χ4v) is 2.56. The van der Waals surface area contributed by atoms with Gasteiger partial charge in [0.15, 0.2) is 5.82 Å². The van der Waals surface area contributed by atoms with Gasteiger partial charge in [0, 0.05) is 18.6 Å². The van der Waals surface area contributed by atoms with Gasteiger partial charge in [-0.1, -0.05) is 6.07 Å². The van der Waals surface area contributed by atoms with Crippen LogP contribution < -0.4 is 5.73 Å². The molecule has 0 saturated heterocycles. The highest BCUT2D eigenvalue weighted by Gasteiger charge is 2.29. The topological polar surface area (TPSA) is 47.1 Å². The second-order valence-electron chi connectivity index (χ2n) is 5.43. The Kier molecular flexibility index (Phi) is 2.93. The van der Waals surface area contributed by atoms with Gasteiger partial charge in [0.2, 0.25) is 5.95 Å². The van der Waals surface area contributed by atoms with Crippen molar-refractivity contribution in [2.45, 2.75) is 38.4 Å². The third-order valence-electron chi connectivity index (χ3n) is 4.02. The van der Waals surface area contributed by atoms with Gasteiger partial charge in [-0.05, 0) is 38.9 Å². The maximum absolute atomic E-state index is 13.7. The van der Waals surface area contributed by atoms with E-state index < -0.39 is 0 Å². The molecule has 2 N–H and O–H groups in total. The highest BCUT2D eigenvalue weighted by molar-refractivity contribution is 5.78. The molecule has 0 radical (unpaired) electrons. The zero-order valence-electron chi connectivity index (χ0n) is 11.3. The molecule has 1 aliphatic rings. The summed E-state index contributed by atoms with van der Waals surface area (Å²) in [6, 6.07) is 6.04. The third kappa shape index (κ3) is 2.18. The fourth-order valence-electron chi connectivity index (χ4n) is 2.56. The standard InChI is InChI=1S/C14H19FN4/c1-9(18(2)10-6-7-10)8-19-12-5-3-4-11(15)13(12)17-14(19)16/h3-5,9-10H,6-8H2,1-2H3,(H2,16,17). The SMILES string of the molecule is CC(Cn1c(N)nc2c(F)cccc21)N(C)C1CC1. The lowest BCUT2D eigenvalue weighted by atomic mass is 10.2. The number of nitrogens with zero attached hydrogens (tertiary/aromatic N) is 3. The molecule has 1 heterocycles. The molecule has 0 aliphatic heterocycles. The van der Waals surface area contributed by atoms with E-state index in [9.17, 15) is 4.39 Å². The number of anilines is 1. The molecular formula is C14H19FN4. The first-order valence-corrected chi connectivity index (χ1v) is 6.70. The summed E-state index contributed by atoms with van der Waals surface area (Å²) in [7, 11) is 2.14. The number of fused-ring (bicyclic) bond motifs is 1. The predicted octanol–water partition coefficient (Wildman–Crippen LogP) is 2.24. The highest BCUT2D eigenvalue weighted by atomic mass is 19.1. The van der Waals surface area contributed by atoms with Crippen LogP contribution in [0.15, 0.2) is 18.2 Å². The number of likely N-dealkylation sites (N-methyl/N-ethyl adjacent to an activating group) is 1. The maximum atomic E-state index is 13.7. The van der Waals surface area contributed by atoms with Gasteiger partial charge in [0.1, 0.15) is 5.52 Å². The lowest BCUT2D eigenvalue weighted by Crippen LogP contribution is -2.34.